The maximum Gasteiger partial charge on any atom is 0.321 e. The van der Waals surface area contributed by atoms with Gasteiger partial charge in [-0.3, -0.25) is 4.79 Å². The SMILES string of the molecule is [2H]CN[C@@H](Cc1ccc(OC)cc1)C(=O)O. The van der Waals surface area contributed by atoms with Crippen molar-refractivity contribution in [2.75, 3.05) is 14.1 Å². The second-order valence-electron chi connectivity index (χ2n) is 3.15. The summed E-state index contributed by atoms with van der Waals surface area (Å²) in [5, 5.41) is 11.5. The Balaban J connectivity index is 2.65. The van der Waals surface area contributed by atoms with E-state index in [0.717, 1.165) is 11.3 Å². The van der Waals surface area contributed by atoms with Crippen LogP contribution in [0.3, 0.4) is 0 Å². The van der Waals surface area contributed by atoms with E-state index < -0.39 is 12.0 Å². The maximum atomic E-state index is 10.8. The highest BCUT2D eigenvalue weighted by Gasteiger charge is 2.14. The smallest absolute Gasteiger partial charge is 0.321 e. The van der Waals surface area contributed by atoms with E-state index in [-0.39, 0.29) is 7.02 Å². The first kappa shape index (κ1) is 9.98. The van der Waals surface area contributed by atoms with Crippen LogP contribution in [0.25, 0.3) is 0 Å². The van der Waals surface area contributed by atoms with Gasteiger partial charge in [0, 0.05) is 1.37 Å². The highest BCUT2D eigenvalue weighted by atomic mass is 16.5. The van der Waals surface area contributed by atoms with Crippen LogP contribution in [-0.2, 0) is 11.2 Å². The first-order valence-electron chi connectivity index (χ1n) is 5.26. The van der Waals surface area contributed by atoms with Gasteiger partial charge in [-0.15, -0.1) is 0 Å². The third-order valence-corrected chi connectivity index (χ3v) is 2.14. The van der Waals surface area contributed by atoms with E-state index in [4.69, 9.17) is 11.2 Å². The molecule has 1 rings (SSSR count). The molecule has 15 heavy (non-hydrogen) atoms. The number of hydrogen-bond acceptors (Lipinski definition) is 3. The lowest BCUT2D eigenvalue weighted by atomic mass is 10.1. The third kappa shape index (κ3) is 3.25. The lowest BCUT2D eigenvalue weighted by molar-refractivity contribution is -0.139. The van der Waals surface area contributed by atoms with Crippen molar-refractivity contribution in [3.8, 4) is 5.75 Å². The Hall–Kier alpha value is -1.55. The van der Waals surface area contributed by atoms with E-state index in [2.05, 4.69) is 5.32 Å². The van der Waals surface area contributed by atoms with Crippen LogP contribution >= 0.6 is 0 Å². The highest BCUT2D eigenvalue weighted by molar-refractivity contribution is 5.73. The number of carboxylic acids is 1. The fourth-order valence-electron chi connectivity index (χ4n) is 1.24. The molecule has 0 aliphatic heterocycles. The van der Waals surface area contributed by atoms with Crippen LogP contribution in [0.5, 0.6) is 5.75 Å². The Bertz CT molecular complexity index is 340. The minimum absolute atomic E-state index is 0.104. The van der Waals surface area contributed by atoms with Gasteiger partial charge >= 0.3 is 5.97 Å². The molecular formula is C11H15NO3. The van der Waals surface area contributed by atoms with Gasteiger partial charge in [-0.2, -0.15) is 0 Å². The van der Waals surface area contributed by atoms with Crippen molar-refractivity contribution in [3.05, 3.63) is 29.8 Å². The molecule has 1 aromatic carbocycles. The highest BCUT2D eigenvalue weighted by Crippen LogP contribution is 2.12. The van der Waals surface area contributed by atoms with Gasteiger partial charge in [0.1, 0.15) is 11.8 Å². The Kier molecular flexibility index (Phi) is 3.57. The summed E-state index contributed by atoms with van der Waals surface area (Å²) in [5.74, 6) is -0.202. The summed E-state index contributed by atoms with van der Waals surface area (Å²) in [6.45, 7) is 0. The van der Waals surface area contributed by atoms with Gasteiger partial charge in [0.2, 0.25) is 0 Å². The molecule has 4 heteroatoms. The first-order chi connectivity index (χ1) is 7.67. The molecule has 82 valence electrons. The number of ether oxygens (including phenoxy) is 1. The van der Waals surface area contributed by atoms with Crippen molar-refractivity contribution >= 4 is 5.97 Å². The molecule has 0 amide bonds. The number of carbonyl (C=O) groups is 1. The molecule has 0 saturated heterocycles. The summed E-state index contributed by atoms with van der Waals surface area (Å²) in [4.78, 5) is 10.8. The lowest BCUT2D eigenvalue weighted by Crippen LogP contribution is -2.35. The predicted molar refractivity (Wildman–Crippen MR) is 57.2 cm³/mol. The molecule has 0 fully saturated rings. The van der Waals surface area contributed by atoms with E-state index in [9.17, 15) is 4.79 Å². The van der Waals surface area contributed by atoms with Crippen molar-refractivity contribution in [1.29, 1.82) is 0 Å². The third-order valence-electron chi connectivity index (χ3n) is 2.14. The van der Waals surface area contributed by atoms with Gasteiger partial charge in [-0.25, -0.2) is 0 Å². The number of hydrogen-bond donors (Lipinski definition) is 2. The zero-order chi connectivity index (χ0) is 12.0. The Labute approximate surface area is 90.3 Å². The predicted octanol–water partition coefficient (Wildman–Crippen LogP) is 0.910. The number of benzene rings is 1. The van der Waals surface area contributed by atoms with E-state index in [1.54, 1.807) is 19.2 Å². The summed E-state index contributed by atoms with van der Waals surface area (Å²) in [6.07, 6.45) is 0.359. The summed E-state index contributed by atoms with van der Waals surface area (Å²) < 4.78 is 12.0. The quantitative estimate of drug-likeness (QED) is 0.758. The van der Waals surface area contributed by atoms with Crippen molar-refractivity contribution in [2.45, 2.75) is 12.5 Å². The Morgan fingerprint density at radius 3 is 2.73 bits per heavy atom. The van der Waals surface area contributed by atoms with Gasteiger partial charge in [0.25, 0.3) is 0 Å². The number of aliphatic carboxylic acids is 1. The first-order valence-corrected chi connectivity index (χ1v) is 4.55. The molecule has 0 spiro atoms. The molecule has 0 saturated carbocycles. The molecule has 1 aromatic rings. The van der Waals surface area contributed by atoms with Gasteiger partial charge in [0.05, 0.1) is 7.11 Å². The topological polar surface area (TPSA) is 58.6 Å². The second-order valence-corrected chi connectivity index (χ2v) is 3.15. The van der Waals surface area contributed by atoms with Crippen LogP contribution in [0.1, 0.15) is 6.93 Å². The van der Waals surface area contributed by atoms with Crippen LogP contribution in [0.2, 0.25) is 0 Å². The number of carboxylic acid groups (broad SMARTS) is 1. The van der Waals surface area contributed by atoms with E-state index in [1.807, 2.05) is 12.1 Å². The van der Waals surface area contributed by atoms with Gasteiger partial charge in [-0.1, -0.05) is 12.1 Å². The average molecular weight is 210 g/mol. The summed E-state index contributed by atoms with van der Waals surface area (Å²) >= 11 is 0. The van der Waals surface area contributed by atoms with E-state index >= 15 is 0 Å². The molecule has 2 N–H and O–H groups in total. The lowest BCUT2D eigenvalue weighted by Gasteiger charge is -2.11. The molecule has 0 aliphatic rings. The normalized spacial score (nSPS) is 13.0. The van der Waals surface area contributed by atoms with Crippen LogP contribution in [0.4, 0.5) is 0 Å². The zero-order valence-electron chi connectivity index (χ0n) is 9.56. The molecule has 0 bridgehead atoms. The van der Waals surface area contributed by atoms with Gasteiger partial charge in [0.15, 0.2) is 0 Å². The Morgan fingerprint density at radius 1 is 1.60 bits per heavy atom. The number of methoxy groups -OCH3 is 1. The summed E-state index contributed by atoms with van der Waals surface area (Å²) in [7, 11) is 1.48. The summed E-state index contributed by atoms with van der Waals surface area (Å²) in [5.41, 5.74) is 0.897. The van der Waals surface area contributed by atoms with Crippen LogP contribution in [0, 0.1) is 0 Å². The summed E-state index contributed by atoms with van der Waals surface area (Å²) in [6, 6.07) is 6.50. The van der Waals surface area contributed by atoms with E-state index in [1.165, 1.54) is 0 Å². The minimum Gasteiger partial charge on any atom is -0.497 e. The molecule has 0 radical (unpaired) electrons. The standard InChI is InChI=1S/C11H15NO3/c1-12-10(11(13)14)7-8-3-5-9(15-2)6-4-8/h3-6,10,12H,7H2,1-2H3,(H,13,14)/t10-/m0/s1/i1D. The Morgan fingerprint density at radius 2 is 2.27 bits per heavy atom. The average Bonchev–Trinajstić information content (AvgIpc) is 2.29. The van der Waals surface area contributed by atoms with E-state index in [0.29, 0.717) is 6.42 Å². The second kappa shape index (κ2) is 5.36. The van der Waals surface area contributed by atoms with Crippen molar-refractivity contribution < 1.29 is 16.0 Å². The van der Waals surface area contributed by atoms with Crippen molar-refractivity contribution in [2.24, 2.45) is 0 Å². The van der Waals surface area contributed by atoms with Gasteiger partial charge < -0.3 is 15.2 Å². The monoisotopic (exact) mass is 210 g/mol. The van der Waals surface area contributed by atoms with Gasteiger partial charge in [-0.05, 0) is 31.1 Å². The van der Waals surface area contributed by atoms with Crippen LogP contribution < -0.4 is 10.1 Å². The largest absolute Gasteiger partial charge is 0.497 e. The molecule has 0 heterocycles. The molecule has 1 atom stereocenters. The number of rotatable bonds is 5. The van der Waals surface area contributed by atoms with Crippen molar-refractivity contribution in [1.82, 2.24) is 5.32 Å². The zero-order valence-corrected chi connectivity index (χ0v) is 8.56. The molecule has 0 aliphatic carbocycles. The fourth-order valence-corrected chi connectivity index (χ4v) is 1.24. The molecular weight excluding hydrogens is 194 g/mol. The maximum absolute atomic E-state index is 10.8. The minimum atomic E-state index is -0.942. The molecule has 0 unspecified atom stereocenters. The van der Waals surface area contributed by atoms with Crippen LogP contribution in [-0.4, -0.2) is 31.3 Å². The fraction of sp³-hybridized carbons (Fsp3) is 0.364. The number of likely N-dealkylation sites (N-methyl/N-ethyl adjacent to an activating group) is 1. The van der Waals surface area contributed by atoms with Crippen LogP contribution in [0.15, 0.2) is 24.3 Å². The van der Waals surface area contributed by atoms with Crippen molar-refractivity contribution in [3.63, 3.8) is 0 Å². The number of nitrogens with one attached hydrogen (secondary N) is 1. The molecule has 4 nitrogen and oxygen atoms in total. The molecule has 0 aromatic heterocycles.